The minimum atomic E-state index is -1.00. The molecule has 0 aliphatic heterocycles. The van der Waals surface area contributed by atoms with Crippen molar-refractivity contribution in [2.45, 2.75) is 6.92 Å². The molecule has 0 aromatic heterocycles. The van der Waals surface area contributed by atoms with Crippen molar-refractivity contribution >= 4 is 29.2 Å². The highest BCUT2D eigenvalue weighted by molar-refractivity contribution is 6.32. The number of rotatable bonds is 4. The van der Waals surface area contributed by atoms with Gasteiger partial charge in [-0.05, 0) is 36.3 Å². The van der Waals surface area contributed by atoms with Crippen molar-refractivity contribution in [3.8, 4) is 5.75 Å². The van der Waals surface area contributed by atoms with E-state index in [-0.39, 0.29) is 5.57 Å². The lowest BCUT2D eigenvalue weighted by Crippen LogP contribution is -2.00. The number of hydrogen-bond donors (Lipinski definition) is 1. The Morgan fingerprint density at radius 2 is 1.86 bits per heavy atom. The van der Waals surface area contributed by atoms with Crippen LogP contribution in [0.3, 0.4) is 0 Å². The summed E-state index contributed by atoms with van der Waals surface area (Å²) in [6, 6.07) is 12.6. The van der Waals surface area contributed by atoms with Crippen LogP contribution in [0.25, 0.3) is 11.6 Å². The molecule has 0 unspecified atom stereocenters. The van der Waals surface area contributed by atoms with Crippen LogP contribution in [0.1, 0.15) is 16.7 Å². The average molecular weight is 303 g/mol. The third-order valence-electron chi connectivity index (χ3n) is 3.08. The predicted molar refractivity (Wildman–Crippen MR) is 84.7 cm³/mol. The zero-order valence-corrected chi connectivity index (χ0v) is 12.5. The standard InChI is InChI=1S/C17H15ClO3/c1-11-3-5-12(6-4-11)9-14(17(19)20)13-7-8-16(21-2)15(18)10-13/h3-10H,1-2H3,(H,19,20)/b14-9-. The van der Waals surface area contributed by atoms with Gasteiger partial charge < -0.3 is 9.84 Å². The second-order valence-electron chi connectivity index (χ2n) is 4.62. The quantitative estimate of drug-likeness (QED) is 0.677. The van der Waals surface area contributed by atoms with E-state index in [2.05, 4.69) is 0 Å². The molecule has 0 aliphatic rings. The van der Waals surface area contributed by atoms with Gasteiger partial charge in [0, 0.05) is 0 Å². The molecular weight excluding hydrogens is 288 g/mol. The fourth-order valence-electron chi connectivity index (χ4n) is 1.93. The highest BCUT2D eigenvalue weighted by Crippen LogP contribution is 2.29. The molecule has 4 heteroatoms. The minimum Gasteiger partial charge on any atom is -0.495 e. The lowest BCUT2D eigenvalue weighted by molar-refractivity contribution is -0.130. The number of carbonyl (C=O) groups is 1. The summed E-state index contributed by atoms with van der Waals surface area (Å²) in [7, 11) is 1.52. The Bertz CT molecular complexity index is 688. The second kappa shape index (κ2) is 6.46. The fraction of sp³-hybridized carbons (Fsp3) is 0.118. The lowest BCUT2D eigenvalue weighted by Gasteiger charge is -2.07. The Morgan fingerprint density at radius 1 is 1.19 bits per heavy atom. The number of ether oxygens (including phenoxy) is 1. The van der Waals surface area contributed by atoms with E-state index in [1.54, 1.807) is 24.3 Å². The van der Waals surface area contributed by atoms with Crippen LogP contribution < -0.4 is 4.74 Å². The maximum Gasteiger partial charge on any atom is 0.336 e. The highest BCUT2D eigenvalue weighted by Gasteiger charge is 2.12. The van der Waals surface area contributed by atoms with Crippen LogP contribution in [0.4, 0.5) is 0 Å². The van der Waals surface area contributed by atoms with Gasteiger partial charge in [-0.15, -0.1) is 0 Å². The summed E-state index contributed by atoms with van der Waals surface area (Å²) < 4.78 is 5.07. The zero-order valence-electron chi connectivity index (χ0n) is 11.8. The van der Waals surface area contributed by atoms with Crippen molar-refractivity contribution in [1.29, 1.82) is 0 Å². The molecule has 2 aromatic carbocycles. The Morgan fingerprint density at radius 3 is 2.38 bits per heavy atom. The number of benzene rings is 2. The van der Waals surface area contributed by atoms with E-state index in [9.17, 15) is 9.90 Å². The fourth-order valence-corrected chi connectivity index (χ4v) is 2.19. The van der Waals surface area contributed by atoms with E-state index in [1.165, 1.54) is 7.11 Å². The van der Waals surface area contributed by atoms with Gasteiger partial charge in [-0.3, -0.25) is 0 Å². The smallest absolute Gasteiger partial charge is 0.336 e. The molecule has 0 aliphatic carbocycles. The molecule has 2 aromatic rings. The summed E-state index contributed by atoms with van der Waals surface area (Å²) in [6.07, 6.45) is 1.62. The largest absolute Gasteiger partial charge is 0.495 e. The van der Waals surface area contributed by atoms with Crippen molar-refractivity contribution in [1.82, 2.24) is 0 Å². The van der Waals surface area contributed by atoms with Gasteiger partial charge >= 0.3 is 5.97 Å². The summed E-state index contributed by atoms with van der Waals surface area (Å²) in [5.74, 6) is -0.489. The first-order chi connectivity index (χ1) is 10.0. The SMILES string of the molecule is COc1ccc(/C(=C/c2ccc(C)cc2)C(=O)O)cc1Cl. The third kappa shape index (κ3) is 3.64. The topological polar surface area (TPSA) is 46.5 Å². The van der Waals surface area contributed by atoms with Crippen LogP contribution in [0.2, 0.25) is 5.02 Å². The van der Waals surface area contributed by atoms with Gasteiger partial charge in [-0.1, -0.05) is 47.5 Å². The van der Waals surface area contributed by atoms with Gasteiger partial charge in [0.15, 0.2) is 0 Å². The molecule has 1 N–H and O–H groups in total. The molecule has 0 saturated carbocycles. The van der Waals surface area contributed by atoms with Crippen molar-refractivity contribution < 1.29 is 14.6 Å². The monoisotopic (exact) mass is 302 g/mol. The van der Waals surface area contributed by atoms with E-state index < -0.39 is 5.97 Å². The minimum absolute atomic E-state index is 0.184. The molecule has 3 nitrogen and oxygen atoms in total. The van der Waals surface area contributed by atoms with Crippen LogP contribution in [0.15, 0.2) is 42.5 Å². The molecule has 21 heavy (non-hydrogen) atoms. The lowest BCUT2D eigenvalue weighted by atomic mass is 10.0. The Kier molecular flexibility index (Phi) is 4.66. The third-order valence-corrected chi connectivity index (χ3v) is 3.38. The average Bonchev–Trinajstić information content (AvgIpc) is 2.46. The van der Waals surface area contributed by atoms with E-state index in [0.717, 1.165) is 11.1 Å². The number of carboxylic acids is 1. The summed E-state index contributed by atoms with van der Waals surface area (Å²) in [4.78, 5) is 11.5. The van der Waals surface area contributed by atoms with Gasteiger partial charge in [-0.25, -0.2) is 4.79 Å². The van der Waals surface area contributed by atoms with E-state index >= 15 is 0 Å². The van der Waals surface area contributed by atoms with Gasteiger partial charge in [0.05, 0.1) is 17.7 Å². The number of aliphatic carboxylic acids is 1. The predicted octanol–water partition coefficient (Wildman–Crippen LogP) is 4.28. The van der Waals surface area contributed by atoms with Crippen LogP contribution in [-0.2, 0) is 4.79 Å². The number of aryl methyl sites for hydroxylation is 1. The first kappa shape index (κ1) is 15.1. The van der Waals surface area contributed by atoms with Gasteiger partial charge in [0.2, 0.25) is 0 Å². The summed E-state index contributed by atoms with van der Waals surface area (Å²) in [6.45, 7) is 1.98. The van der Waals surface area contributed by atoms with Gasteiger partial charge in [-0.2, -0.15) is 0 Å². The van der Waals surface area contributed by atoms with Gasteiger partial charge in [0.25, 0.3) is 0 Å². The molecule has 0 amide bonds. The number of hydrogen-bond acceptors (Lipinski definition) is 2. The molecule has 0 fully saturated rings. The first-order valence-electron chi connectivity index (χ1n) is 6.37. The molecular formula is C17H15ClO3. The molecule has 0 saturated heterocycles. The summed E-state index contributed by atoms with van der Waals surface area (Å²) in [5.41, 5.74) is 2.67. The van der Waals surface area contributed by atoms with E-state index in [1.807, 2.05) is 31.2 Å². The molecule has 0 atom stereocenters. The van der Waals surface area contributed by atoms with Crippen molar-refractivity contribution in [3.63, 3.8) is 0 Å². The van der Waals surface area contributed by atoms with Crippen molar-refractivity contribution in [2.24, 2.45) is 0 Å². The number of methoxy groups -OCH3 is 1. The summed E-state index contributed by atoms with van der Waals surface area (Å²) in [5, 5.41) is 9.80. The summed E-state index contributed by atoms with van der Waals surface area (Å²) >= 11 is 6.06. The van der Waals surface area contributed by atoms with Gasteiger partial charge in [0.1, 0.15) is 5.75 Å². The number of halogens is 1. The van der Waals surface area contributed by atoms with Crippen molar-refractivity contribution in [3.05, 3.63) is 64.2 Å². The molecule has 2 rings (SSSR count). The van der Waals surface area contributed by atoms with Crippen molar-refractivity contribution in [2.75, 3.05) is 7.11 Å². The zero-order chi connectivity index (χ0) is 15.4. The Labute approximate surface area is 128 Å². The van der Waals surface area contributed by atoms with Crippen LogP contribution >= 0.6 is 11.6 Å². The molecule has 108 valence electrons. The van der Waals surface area contributed by atoms with E-state index in [4.69, 9.17) is 16.3 Å². The van der Waals surface area contributed by atoms with Crippen LogP contribution in [-0.4, -0.2) is 18.2 Å². The molecule has 0 spiro atoms. The van der Waals surface area contributed by atoms with E-state index in [0.29, 0.717) is 16.3 Å². The highest BCUT2D eigenvalue weighted by atomic mass is 35.5. The molecule has 0 heterocycles. The second-order valence-corrected chi connectivity index (χ2v) is 5.03. The first-order valence-corrected chi connectivity index (χ1v) is 6.74. The maximum atomic E-state index is 11.5. The Balaban J connectivity index is 2.46. The Hall–Kier alpha value is -2.26. The van der Waals surface area contributed by atoms with Crippen LogP contribution in [0, 0.1) is 6.92 Å². The number of carboxylic acid groups (broad SMARTS) is 1. The molecule has 0 bridgehead atoms. The normalized spacial score (nSPS) is 11.3. The maximum absolute atomic E-state index is 11.5. The van der Waals surface area contributed by atoms with Crippen LogP contribution in [0.5, 0.6) is 5.75 Å². The molecule has 0 radical (unpaired) electrons.